The SMILES string of the molecule is O=[13C](O[13c]1cc(-c2ccccc2)nc2ccccc21)c1ccccc1. The predicted molar refractivity (Wildman–Crippen MR) is 98.6 cm³/mol. The van der Waals surface area contributed by atoms with E-state index in [1.807, 2.05) is 78.9 Å². The first kappa shape index (κ1) is 15.1. The minimum absolute atomic E-state index is 0.379. The highest BCUT2D eigenvalue weighted by Gasteiger charge is 2.13. The van der Waals surface area contributed by atoms with Gasteiger partial charge in [0.25, 0.3) is 0 Å². The molecule has 0 saturated heterocycles. The first-order valence-corrected chi connectivity index (χ1v) is 8.04. The van der Waals surface area contributed by atoms with Crippen molar-refractivity contribution in [2.24, 2.45) is 0 Å². The van der Waals surface area contributed by atoms with Gasteiger partial charge in [-0.1, -0.05) is 60.7 Å². The van der Waals surface area contributed by atoms with E-state index in [0.29, 0.717) is 11.3 Å². The van der Waals surface area contributed by atoms with Gasteiger partial charge in [-0.2, -0.15) is 0 Å². The molecule has 120 valence electrons. The molecule has 25 heavy (non-hydrogen) atoms. The second-order valence-electron chi connectivity index (χ2n) is 5.64. The van der Waals surface area contributed by atoms with Gasteiger partial charge in [-0.3, -0.25) is 0 Å². The third-order valence-corrected chi connectivity index (χ3v) is 3.96. The Bertz CT molecular complexity index is 1030. The van der Waals surface area contributed by atoms with E-state index in [2.05, 4.69) is 0 Å². The van der Waals surface area contributed by atoms with Gasteiger partial charge in [0.1, 0.15) is 5.75 Å². The average molecular weight is 327 g/mol. The van der Waals surface area contributed by atoms with Crippen LogP contribution in [0, 0.1) is 0 Å². The molecule has 0 aliphatic carbocycles. The largest absolute Gasteiger partial charge is 0.422 e. The molecule has 0 aliphatic rings. The molecular formula is C22H15NO2. The third-order valence-electron chi connectivity index (χ3n) is 3.96. The Morgan fingerprint density at radius 2 is 1.40 bits per heavy atom. The van der Waals surface area contributed by atoms with Gasteiger partial charge in [0.05, 0.1) is 16.8 Å². The van der Waals surface area contributed by atoms with Crippen molar-refractivity contribution >= 4 is 16.9 Å². The van der Waals surface area contributed by atoms with Crippen molar-refractivity contribution in [2.75, 3.05) is 0 Å². The van der Waals surface area contributed by atoms with Crippen LogP contribution in [-0.4, -0.2) is 11.0 Å². The molecule has 1 heterocycles. The molecular weight excluding hydrogens is 312 g/mol. The Morgan fingerprint density at radius 3 is 2.16 bits per heavy atom. The molecule has 0 bridgehead atoms. The molecule has 0 atom stereocenters. The smallest absolute Gasteiger partial charge is 0.343 e. The number of hydrogen-bond donors (Lipinski definition) is 0. The minimum Gasteiger partial charge on any atom is -0.422 e. The molecule has 0 radical (unpaired) electrons. The van der Waals surface area contributed by atoms with Gasteiger partial charge in [0.2, 0.25) is 0 Å². The minimum atomic E-state index is -0.379. The molecule has 4 aromatic rings. The molecule has 3 nitrogen and oxygen atoms in total. The van der Waals surface area contributed by atoms with Crippen molar-refractivity contribution in [3.63, 3.8) is 0 Å². The lowest BCUT2D eigenvalue weighted by Gasteiger charge is -2.10. The molecule has 0 spiro atoms. The van der Waals surface area contributed by atoms with Crippen LogP contribution in [0.4, 0.5) is 0 Å². The summed E-state index contributed by atoms with van der Waals surface area (Å²) in [6, 6.07) is 28.3. The van der Waals surface area contributed by atoms with Crippen molar-refractivity contribution < 1.29 is 9.53 Å². The monoisotopic (exact) mass is 327 g/mol. The van der Waals surface area contributed by atoms with Crippen LogP contribution in [0.25, 0.3) is 22.2 Å². The van der Waals surface area contributed by atoms with Crippen molar-refractivity contribution in [1.82, 2.24) is 4.98 Å². The topological polar surface area (TPSA) is 39.2 Å². The average Bonchev–Trinajstić information content (AvgIpc) is 2.69. The van der Waals surface area contributed by atoms with Crippen LogP contribution in [-0.2, 0) is 0 Å². The van der Waals surface area contributed by atoms with Gasteiger partial charge in [-0.15, -0.1) is 0 Å². The lowest BCUT2D eigenvalue weighted by atomic mass is 10.1. The second-order valence-corrected chi connectivity index (χ2v) is 5.64. The fourth-order valence-electron chi connectivity index (χ4n) is 2.72. The molecule has 0 aliphatic heterocycles. The summed E-state index contributed by atoms with van der Waals surface area (Å²) in [6.45, 7) is 0. The number of ether oxygens (including phenoxy) is 1. The van der Waals surface area contributed by atoms with Gasteiger partial charge in [-0.25, -0.2) is 9.78 Å². The molecule has 0 saturated carbocycles. The summed E-state index contributed by atoms with van der Waals surface area (Å²) in [6.07, 6.45) is 0. The second kappa shape index (κ2) is 6.57. The van der Waals surface area contributed by atoms with Crippen LogP contribution < -0.4 is 4.74 Å². The molecule has 1 aromatic heterocycles. The first-order chi connectivity index (χ1) is 12.3. The number of hydrogen-bond acceptors (Lipinski definition) is 3. The lowest BCUT2D eigenvalue weighted by molar-refractivity contribution is 0.0737. The van der Waals surface area contributed by atoms with E-state index < -0.39 is 0 Å². The molecule has 0 unspecified atom stereocenters. The Morgan fingerprint density at radius 1 is 0.760 bits per heavy atom. The van der Waals surface area contributed by atoms with Crippen LogP contribution in [0.15, 0.2) is 91.0 Å². The van der Waals surface area contributed by atoms with E-state index in [-0.39, 0.29) is 5.97 Å². The Hall–Kier alpha value is -3.46. The number of aromatic nitrogens is 1. The molecule has 0 fully saturated rings. The summed E-state index contributed by atoms with van der Waals surface area (Å²) in [4.78, 5) is 17.2. The van der Waals surface area contributed by atoms with E-state index in [1.54, 1.807) is 12.1 Å². The number of carbonyl (C=O) groups excluding carboxylic acids is 1. The Balaban J connectivity index is 1.80. The zero-order chi connectivity index (χ0) is 17.1. The Labute approximate surface area is 145 Å². The lowest BCUT2D eigenvalue weighted by Crippen LogP contribution is -2.08. The highest BCUT2D eigenvalue weighted by atomic mass is 16.7. The summed E-state index contributed by atoms with van der Waals surface area (Å²) in [5, 5.41) is 0.812. The molecule has 3 aromatic carbocycles. The number of nitrogens with zero attached hydrogens (tertiary/aromatic N) is 1. The molecule has 4 rings (SSSR count). The summed E-state index contributed by atoms with van der Waals surface area (Å²) >= 11 is 0. The van der Waals surface area contributed by atoms with Crippen molar-refractivity contribution in [3.05, 3.63) is 96.6 Å². The van der Waals surface area contributed by atoms with Crippen molar-refractivity contribution in [2.45, 2.75) is 0 Å². The van der Waals surface area contributed by atoms with E-state index in [9.17, 15) is 4.79 Å². The van der Waals surface area contributed by atoms with Crippen LogP contribution in [0.2, 0.25) is 0 Å². The number of para-hydroxylation sites is 1. The third kappa shape index (κ3) is 3.12. The molecule has 0 amide bonds. The van der Waals surface area contributed by atoms with E-state index in [0.717, 1.165) is 22.2 Å². The molecule has 3 heteroatoms. The zero-order valence-electron chi connectivity index (χ0n) is 13.4. The van der Waals surface area contributed by atoms with Crippen LogP contribution >= 0.6 is 0 Å². The quantitative estimate of drug-likeness (QED) is 0.387. The standard InChI is InChI=1S/C22H15NO2/c24-22(17-11-5-2-6-12-17)25-21-15-20(16-9-3-1-4-10-16)23-19-14-8-7-13-18(19)21/h1-15H/i21+1,22+1. The van der Waals surface area contributed by atoms with Crippen molar-refractivity contribution in [1.29, 1.82) is 0 Å². The summed E-state index contributed by atoms with van der Waals surface area (Å²) < 4.78 is 5.70. The summed E-state index contributed by atoms with van der Waals surface area (Å²) in [7, 11) is 0. The number of fused-ring (bicyclic) bond motifs is 1. The van der Waals surface area contributed by atoms with E-state index >= 15 is 0 Å². The number of esters is 1. The Kier molecular flexibility index (Phi) is 3.97. The fraction of sp³-hybridized carbons (Fsp3) is 0. The maximum absolute atomic E-state index is 12.5. The van der Waals surface area contributed by atoms with E-state index in [4.69, 9.17) is 9.72 Å². The van der Waals surface area contributed by atoms with Gasteiger partial charge >= 0.3 is 5.97 Å². The first-order valence-electron chi connectivity index (χ1n) is 8.04. The van der Waals surface area contributed by atoms with E-state index in [1.165, 1.54) is 0 Å². The fourth-order valence-corrected chi connectivity index (χ4v) is 2.72. The number of pyridine rings is 1. The van der Waals surface area contributed by atoms with Gasteiger partial charge in [0, 0.05) is 17.0 Å². The highest BCUT2D eigenvalue weighted by molar-refractivity contribution is 5.95. The van der Waals surface area contributed by atoms with Crippen LogP contribution in [0.3, 0.4) is 0 Å². The van der Waals surface area contributed by atoms with Crippen molar-refractivity contribution in [3.8, 4) is 17.0 Å². The van der Waals surface area contributed by atoms with Gasteiger partial charge < -0.3 is 4.74 Å². The highest BCUT2D eigenvalue weighted by Crippen LogP contribution is 2.30. The maximum Gasteiger partial charge on any atom is 0.343 e. The predicted octanol–water partition coefficient (Wildman–Crippen LogP) is 5.12. The zero-order valence-corrected chi connectivity index (χ0v) is 13.4. The summed E-state index contributed by atoms with van der Waals surface area (Å²) in [5.41, 5.74) is 3.06. The van der Waals surface area contributed by atoms with Gasteiger partial charge in [-0.05, 0) is 24.3 Å². The number of rotatable bonds is 3. The van der Waals surface area contributed by atoms with Crippen LogP contribution in [0.1, 0.15) is 10.4 Å². The molecule has 0 N–H and O–H groups in total. The number of benzene rings is 3. The summed E-state index contributed by atoms with van der Waals surface area (Å²) in [5.74, 6) is 0.134. The maximum atomic E-state index is 12.5. The van der Waals surface area contributed by atoms with Crippen LogP contribution in [0.5, 0.6) is 5.75 Å². The van der Waals surface area contributed by atoms with Gasteiger partial charge in [0.15, 0.2) is 0 Å². The normalized spacial score (nSPS) is 10.6. The number of carbonyl (C=O) groups is 1.